The van der Waals surface area contributed by atoms with E-state index in [0.717, 1.165) is 11.1 Å². The molecule has 0 saturated heterocycles. The van der Waals surface area contributed by atoms with Gasteiger partial charge in [-0.15, -0.1) is 0 Å². The summed E-state index contributed by atoms with van der Waals surface area (Å²) in [6.07, 6.45) is 1.79. The Morgan fingerprint density at radius 3 is 1.97 bits per heavy atom. The third kappa shape index (κ3) is 4.95. The number of rotatable bonds is 7. The second kappa shape index (κ2) is 10.8. The molecular formula is C31H30N4O3. The van der Waals surface area contributed by atoms with Crippen LogP contribution in [0.2, 0.25) is 0 Å². The van der Waals surface area contributed by atoms with E-state index in [1.807, 2.05) is 73.7 Å². The van der Waals surface area contributed by atoms with E-state index >= 15 is 0 Å². The lowest BCUT2D eigenvalue weighted by molar-refractivity contribution is -0.117. The molecule has 192 valence electrons. The molecule has 0 spiro atoms. The lowest BCUT2D eigenvalue weighted by Crippen LogP contribution is -2.58. The molecule has 0 aliphatic carbocycles. The van der Waals surface area contributed by atoms with Gasteiger partial charge >= 0.3 is 0 Å². The summed E-state index contributed by atoms with van der Waals surface area (Å²) in [6.45, 7) is 3.79. The van der Waals surface area contributed by atoms with Crippen molar-refractivity contribution in [3.8, 4) is 0 Å². The van der Waals surface area contributed by atoms with Crippen molar-refractivity contribution in [1.29, 1.82) is 0 Å². The Balaban J connectivity index is 1.54. The molecule has 1 aliphatic heterocycles. The SMILES string of the molecule is Cc1c2n(ccc1=O)N(C(c1ccccc1)c1ccccc1)CN(C(C)CC(=O)Nc1ccccc1)C2=O. The number of fused-ring (bicyclic) bond motifs is 1. The van der Waals surface area contributed by atoms with Crippen LogP contribution in [0.4, 0.5) is 5.69 Å². The van der Waals surface area contributed by atoms with E-state index in [-0.39, 0.29) is 36.4 Å². The van der Waals surface area contributed by atoms with Gasteiger partial charge in [-0.2, -0.15) is 0 Å². The Morgan fingerprint density at radius 2 is 1.39 bits per heavy atom. The third-order valence-electron chi connectivity index (χ3n) is 6.96. The molecule has 1 N–H and O–H groups in total. The third-order valence-corrected chi connectivity index (χ3v) is 6.96. The fourth-order valence-corrected chi connectivity index (χ4v) is 4.99. The molecule has 0 fully saturated rings. The van der Waals surface area contributed by atoms with Gasteiger partial charge in [0, 0.05) is 36.0 Å². The first-order valence-corrected chi connectivity index (χ1v) is 12.7. The quantitative estimate of drug-likeness (QED) is 0.394. The van der Waals surface area contributed by atoms with Crippen molar-refractivity contribution in [2.75, 3.05) is 17.0 Å². The summed E-state index contributed by atoms with van der Waals surface area (Å²) in [5, 5.41) is 4.99. The van der Waals surface area contributed by atoms with Crippen LogP contribution in [0.25, 0.3) is 0 Å². The summed E-state index contributed by atoms with van der Waals surface area (Å²) >= 11 is 0. The van der Waals surface area contributed by atoms with Crippen molar-refractivity contribution in [1.82, 2.24) is 9.58 Å². The minimum Gasteiger partial charge on any atom is -0.326 e. The van der Waals surface area contributed by atoms with E-state index in [0.29, 0.717) is 16.9 Å². The van der Waals surface area contributed by atoms with Crippen LogP contribution in [0.3, 0.4) is 0 Å². The zero-order valence-corrected chi connectivity index (χ0v) is 21.5. The predicted molar refractivity (Wildman–Crippen MR) is 149 cm³/mol. The van der Waals surface area contributed by atoms with E-state index in [2.05, 4.69) is 34.6 Å². The van der Waals surface area contributed by atoms with Crippen molar-refractivity contribution in [3.63, 3.8) is 0 Å². The fourth-order valence-electron chi connectivity index (χ4n) is 4.99. The molecule has 1 aliphatic rings. The number of carbonyl (C=O) groups is 2. The lowest BCUT2D eigenvalue weighted by Gasteiger charge is -2.46. The van der Waals surface area contributed by atoms with Gasteiger partial charge in [-0.3, -0.25) is 24.1 Å². The molecule has 1 atom stereocenters. The molecule has 3 aromatic carbocycles. The van der Waals surface area contributed by atoms with Crippen LogP contribution in [-0.4, -0.2) is 34.1 Å². The molecule has 4 aromatic rings. The second-order valence-corrected chi connectivity index (χ2v) is 9.55. The zero-order chi connectivity index (χ0) is 26.6. The monoisotopic (exact) mass is 506 g/mol. The molecular weight excluding hydrogens is 476 g/mol. The van der Waals surface area contributed by atoms with Crippen LogP contribution < -0.4 is 15.8 Å². The number of pyridine rings is 1. The first-order valence-electron chi connectivity index (χ1n) is 12.7. The van der Waals surface area contributed by atoms with Crippen molar-refractivity contribution in [3.05, 3.63) is 136 Å². The van der Waals surface area contributed by atoms with E-state index < -0.39 is 6.04 Å². The summed E-state index contributed by atoms with van der Waals surface area (Å²) in [6, 6.07) is 30.3. The average Bonchev–Trinajstić information content (AvgIpc) is 2.93. The summed E-state index contributed by atoms with van der Waals surface area (Å²) in [4.78, 5) is 41.0. The molecule has 5 rings (SSSR count). The fraction of sp³-hybridized carbons (Fsp3) is 0.194. The Hall–Kier alpha value is -4.65. The van der Waals surface area contributed by atoms with Crippen LogP contribution in [0.1, 0.15) is 46.6 Å². The molecule has 0 saturated carbocycles. The summed E-state index contributed by atoms with van der Waals surface area (Å²) in [7, 11) is 0. The van der Waals surface area contributed by atoms with Gasteiger partial charge in [0.1, 0.15) is 12.4 Å². The second-order valence-electron chi connectivity index (χ2n) is 9.55. The number of amides is 2. The largest absolute Gasteiger partial charge is 0.326 e. The van der Waals surface area contributed by atoms with Crippen molar-refractivity contribution in [2.24, 2.45) is 0 Å². The molecule has 38 heavy (non-hydrogen) atoms. The highest BCUT2D eigenvalue weighted by atomic mass is 16.2. The maximum absolute atomic E-state index is 13.8. The Kier molecular flexibility index (Phi) is 7.09. The Morgan fingerprint density at radius 1 is 0.842 bits per heavy atom. The highest BCUT2D eigenvalue weighted by molar-refractivity contribution is 5.96. The number of hydrogen-bond acceptors (Lipinski definition) is 4. The van der Waals surface area contributed by atoms with Gasteiger partial charge in [0.2, 0.25) is 5.91 Å². The van der Waals surface area contributed by atoms with E-state index in [9.17, 15) is 14.4 Å². The van der Waals surface area contributed by atoms with E-state index in [1.54, 1.807) is 22.7 Å². The minimum atomic E-state index is -0.413. The number of nitrogens with zero attached hydrogens (tertiary/aromatic N) is 3. The molecule has 2 heterocycles. The normalized spacial score (nSPS) is 13.8. The van der Waals surface area contributed by atoms with Crippen LogP contribution in [0.5, 0.6) is 0 Å². The summed E-state index contributed by atoms with van der Waals surface area (Å²) < 4.78 is 1.80. The zero-order valence-electron chi connectivity index (χ0n) is 21.5. The number of benzene rings is 3. The smallest absolute Gasteiger partial charge is 0.274 e. The lowest BCUT2D eigenvalue weighted by atomic mass is 9.97. The topological polar surface area (TPSA) is 74.7 Å². The maximum atomic E-state index is 13.8. The Labute approximate surface area is 221 Å². The molecule has 1 aromatic heterocycles. The predicted octanol–water partition coefficient (Wildman–Crippen LogP) is 4.71. The highest BCUT2D eigenvalue weighted by Gasteiger charge is 2.37. The number of hydrogen-bond donors (Lipinski definition) is 1. The number of carbonyl (C=O) groups excluding carboxylic acids is 2. The van der Waals surface area contributed by atoms with Crippen LogP contribution in [-0.2, 0) is 4.79 Å². The molecule has 2 amide bonds. The first kappa shape index (κ1) is 25.0. The van der Waals surface area contributed by atoms with Crippen molar-refractivity contribution < 1.29 is 9.59 Å². The van der Waals surface area contributed by atoms with Crippen molar-refractivity contribution >= 4 is 17.5 Å². The molecule has 7 nitrogen and oxygen atoms in total. The van der Waals surface area contributed by atoms with Crippen molar-refractivity contribution in [2.45, 2.75) is 32.4 Å². The van der Waals surface area contributed by atoms with Crippen LogP contribution >= 0.6 is 0 Å². The Bertz CT molecular complexity index is 1450. The number of anilines is 1. The molecule has 7 heteroatoms. The standard InChI is InChI=1S/C31H30N4O3/c1-22(20-28(37)32-26-16-10-5-11-17-26)33-21-35(34-19-18-27(36)23(2)29(34)31(33)38)30(24-12-6-3-7-13-24)25-14-8-4-9-15-25/h3-19,22,30H,20-21H2,1-2H3,(H,32,37). The van der Waals surface area contributed by atoms with Crippen LogP contribution in [0.15, 0.2) is 108 Å². The number of nitrogens with one attached hydrogen (secondary N) is 1. The summed E-state index contributed by atoms with van der Waals surface area (Å²) in [5.41, 5.74) is 3.30. The highest BCUT2D eigenvalue weighted by Crippen LogP contribution is 2.31. The van der Waals surface area contributed by atoms with Gasteiger partial charge in [-0.25, -0.2) is 0 Å². The number of para-hydroxylation sites is 1. The number of aromatic nitrogens is 1. The maximum Gasteiger partial charge on any atom is 0.274 e. The van der Waals surface area contributed by atoms with E-state index in [1.165, 1.54) is 6.07 Å². The minimum absolute atomic E-state index is 0.117. The average molecular weight is 507 g/mol. The van der Waals surface area contributed by atoms with Gasteiger partial charge in [0.15, 0.2) is 5.43 Å². The summed E-state index contributed by atoms with van der Waals surface area (Å²) in [5.74, 6) is -0.449. The van der Waals surface area contributed by atoms with Gasteiger partial charge in [0.05, 0.1) is 6.04 Å². The first-order chi connectivity index (χ1) is 18.4. The van der Waals surface area contributed by atoms with E-state index in [4.69, 9.17) is 0 Å². The molecule has 0 radical (unpaired) electrons. The van der Waals surface area contributed by atoms with Gasteiger partial charge in [-0.05, 0) is 37.1 Å². The molecule has 1 unspecified atom stereocenters. The van der Waals surface area contributed by atoms with Gasteiger partial charge in [0.25, 0.3) is 5.91 Å². The molecule has 0 bridgehead atoms. The van der Waals surface area contributed by atoms with Gasteiger partial charge < -0.3 is 10.2 Å². The van der Waals surface area contributed by atoms with Crippen LogP contribution in [0, 0.1) is 6.92 Å². The van der Waals surface area contributed by atoms with Gasteiger partial charge in [-0.1, -0.05) is 78.9 Å².